The molecule has 4 unspecified atom stereocenters. The number of ether oxygens (including phenoxy) is 2. The van der Waals surface area contributed by atoms with Crippen molar-refractivity contribution in [1.82, 2.24) is 15.2 Å². The summed E-state index contributed by atoms with van der Waals surface area (Å²) in [7, 11) is 7.23. The summed E-state index contributed by atoms with van der Waals surface area (Å²) >= 11 is 0. The predicted octanol–water partition coefficient (Wildman–Crippen LogP) is 6.60. The maximum Gasteiger partial charge on any atom is 0.206 e. The summed E-state index contributed by atoms with van der Waals surface area (Å²) in [6.07, 6.45) is 15.6. The van der Waals surface area contributed by atoms with Gasteiger partial charge in [-0.3, -0.25) is 9.59 Å². The van der Waals surface area contributed by atoms with Crippen LogP contribution in [0.2, 0.25) is 0 Å². The molecule has 2 aromatic rings. The number of aldehydes is 2. The van der Waals surface area contributed by atoms with E-state index in [1.54, 1.807) is 21.3 Å². The van der Waals surface area contributed by atoms with Crippen LogP contribution in [0.4, 0.5) is 4.39 Å². The average Bonchev–Trinajstić information content (AvgIpc) is 3.70. The first-order valence-corrected chi connectivity index (χ1v) is 17.3. The molecule has 0 radical (unpaired) electrons. The van der Waals surface area contributed by atoms with Crippen LogP contribution in [-0.2, 0) is 19.1 Å². The van der Waals surface area contributed by atoms with Crippen LogP contribution in [0, 0.1) is 17.8 Å². The molecule has 1 aromatic heterocycles. The first kappa shape index (κ1) is 44.3. The van der Waals surface area contributed by atoms with E-state index < -0.39 is 6.67 Å². The van der Waals surface area contributed by atoms with Gasteiger partial charge in [-0.25, -0.2) is 4.39 Å². The number of fused-ring (bicyclic) bond motifs is 1. The number of alkyl halides is 1. The number of carbonyl (C=O) groups is 3. The Bertz CT molecular complexity index is 996. The highest BCUT2D eigenvalue weighted by Crippen LogP contribution is 2.37. The fraction of sp³-hybridized carbons (Fsp3) is 0.703. The van der Waals surface area contributed by atoms with Gasteiger partial charge in [-0.15, -0.1) is 0 Å². The van der Waals surface area contributed by atoms with Crippen molar-refractivity contribution in [1.29, 1.82) is 0 Å². The molecule has 1 aromatic carbocycles. The average molecular weight is 665 g/mol. The molecule has 1 amide bonds. The second-order valence-corrected chi connectivity index (χ2v) is 12.4. The van der Waals surface area contributed by atoms with Gasteiger partial charge in [-0.1, -0.05) is 63.6 Å². The first-order valence-electron chi connectivity index (χ1n) is 17.3. The van der Waals surface area contributed by atoms with Crippen LogP contribution in [0.25, 0.3) is 10.9 Å². The number of aromatic nitrogens is 1. The predicted molar refractivity (Wildman–Crippen MR) is 192 cm³/mol. The lowest BCUT2D eigenvalue weighted by molar-refractivity contribution is -0.111. The molecular weight excluding hydrogens is 599 g/mol. The van der Waals surface area contributed by atoms with Gasteiger partial charge in [-0.05, 0) is 76.6 Å². The summed E-state index contributed by atoms with van der Waals surface area (Å²) < 4.78 is 21.4. The van der Waals surface area contributed by atoms with E-state index in [1.807, 2.05) is 37.3 Å². The number of aromatic amines is 1. The van der Waals surface area contributed by atoms with Crippen molar-refractivity contribution < 1.29 is 28.2 Å². The monoisotopic (exact) mass is 664 g/mol. The minimum absolute atomic E-state index is 0.136. The van der Waals surface area contributed by atoms with Crippen LogP contribution in [0.3, 0.4) is 0 Å². The molecule has 9 nitrogen and oxygen atoms in total. The lowest BCUT2D eigenvalue weighted by Gasteiger charge is -2.31. The number of methoxy groups -OCH3 is 2. The number of likely N-dealkylation sites (tertiary alicyclic amines) is 1. The fourth-order valence-corrected chi connectivity index (χ4v) is 5.91. The molecule has 0 bridgehead atoms. The van der Waals surface area contributed by atoms with Gasteiger partial charge in [0.15, 0.2) is 6.29 Å². The minimum atomic E-state index is -0.460. The summed E-state index contributed by atoms with van der Waals surface area (Å²) in [6, 6.07) is 10.2. The quantitative estimate of drug-likeness (QED) is 0.154. The number of rotatable bonds is 14. The Morgan fingerprint density at radius 1 is 1.04 bits per heavy atom. The highest BCUT2D eigenvalue weighted by Gasteiger charge is 2.34. The molecule has 4 rings (SSSR count). The second kappa shape index (κ2) is 29.5. The lowest BCUT2D eigenvalue weighted by atomic mass is 9.77. The second-order valence-electron chi connectivity index (χ2n) is 12.4. The van der Waals surface area contributed by atoms with E-state index in [-0.39, 0.29) is 12.0 Å². The summed E-state index contributed by atoms with van der Waals surface area (Å²) in [5.41, 5.74) is 7.02. The molecule has 1 aliphatic carbocycles. The molecule has 0 spiro atoms. The smallest absolute Gasteiger partial charge is 0.206 e. The highest BCUT2D eigenvalue weighted by atomic mass is 19.1. The number of para-hydroxylation sites is 1. The maximum absolute atomic E-state index is 11.9. The number of nitrogens with two attached hydrogens (primary N) is 1. The lowest BCUT2D eigenvalue weighted by Crippen LogP contribution is -2.30. The number of hydrogen-bond donors (Lipinski definition) is 3. The van der Waals surface area contributed by atoms with Gasteiger partial charge in [0.25, 0.3) is 0 Å². The van der Waals surface area contributed by atoms with Gasteiger partial charge in [0, 0.05) is 63.4 Å². The van der Waals surface area contributed by atoms with Crippen molar-refractivity contribution in [2.75, 3.05) is 54.7 Å². The number of hydrogen-bond acceptors (Lipinski definition) is 7. The SMILES string of the molecule is CC1C(C2CCCCC2)CCN1C.CCC(C=O)CCCC(N)CF.CNC=O.COCCCOC.O=Cc1cc2ccccc2[nH]1. The zero-order valence-corrected chi connectivity index (χ0v) is 30.1. The summed E-state index contributed by atoms with van der Waals surface area (Å²) in [4.78, 5) is 35.3. The third-order valence-electron chi connectivity index (χ3n) is 8.94. The Labute approximate surface area is 283 Å². The van der Waals surface area contributed by atoms with Crippen LogP contribution in [0.15, 0.2) is 30.3 Å². The topological polar surface area (TPSA) is 127 Å². The number of halogens is 1. The van der Waals surface area contributed by atoms with Gasteiger partial charge in [0.1, 0.15) is 13.0 Å². The number of nitrogens with one attached hydrogen (secondary N) is 2. The van der Waals surface area contributed by atoms with Gasteiger partial charge in [0.05, 0.1) is 5.69 Å². The molecule has 10 heteroatoms. The van der Waals surface area contributed by atoms with Gasteiger partial charge in [-0.2, -0.15) is 0 Å². The Hall–Kier alpha value is -2.66. The highest BCUT2D eigenvalue weighted by molar-refractivity contribution is 5.87. The van der Waals surface area contributed by atoms with Crippen LogP contribution in [-0.4, -0.2) is 95.7 Å². The van der Waals surface area contributed by atoms with Crippen molar-refractivity contribution in [3.05, 3.63) is 36.0 Å². The zero-order valence-electron chi connectivity index (χ0n) is 30.1. The van der Waals surface area contributed by atoms with Crippen molar-refractivity contribution >= 4 is 29.9 Å². The van der Waals surface area contributed by atoms with E-state index in [0.29, 0.717) is 18.5 Å². The number of carbonyl (C=O) groups excluding carboxylic acids is 3. The largest absolute Gasteiger partial charge is 0.385 e. The summed E-state index contributed by atoms with van der Waals surface area (Å²) in [5, 5.41) is 3.33. The van der Waals surface area contributed by atoms with Crippen molar-refractivity contribution in [3.8, 4) is 0 Å². The third-order valence-corrected chi connectivity index (χ3v) is 8.94. The molecule has 4 N–H and O–H groups in total. The van der Waals surface area contributed by atoms with E-state index in [1.165, 1.54) is 45.1 Å². The number of benzene rings is 1. The van der Waals surface area contributed by atoms with E-state index in [0.717, 1.165) is 80.2 Å². The van der Waals surface area contributed by atoms with Gasteiger partial charge < -0.3 is 35.2 Å². The first-order chi connectivity index (χ1) is 22.8. The van der Waals surface area contributed by atoms with Crippen LogP contribution < -0.4 is 11.1 Å². The zero-order chi connectivity index (χ0) is 35.3. The fourth-order valence-electron chi connectivity index (χ4n) is 5.91. The van der Waals surface area contributed by atoms with Gasteiger partial charge in [0.2, 0.25) is 6.41 Å². The maximum atomic E-state index is 11.9. The molecule has 1 saturated carbocycles. The standard InChI is InChI=1S/C12H23N.C9H18FNO.C9H7NO.C5H12O2.C2H5NO/c1-10-12(8-9-13(10)2)11-6-4-3-5-7-11;1-2-8(7-12)4-3-5-9(11)6-10;11-6-8-5-7-3-1-2-4-9(7)10-8;1-6-4-3-5-7-2;1-3-2-4/h10-12H,3-9H2,1-2H3;7-9H,2-6,11H2,1H3;1-6,10H;3-5H2,1-2H3;2H,1H3,(H,3,4). The van der Waals surface area contributed by atoms with E-state index in [2.05, 4.69) is 29.2 Å². The molecule has 1 aliphatic heterocycles. The van der Waals surface area contributed by atoms with E-state index in [9.17, 15) is 14.0 Å². The Morgan fingerprint density at radius 3 is 2.15 bits per heavy atom. The Kier molecular flexibility index (Phi) is 27.8. The normalized spacial score (nSPS) is 18.8. The van der Waals surface area contributed by atoms with E-state index >= 15 is 0 Å². The molecular formula is C37H65FN4O5. The number of H-pyrrole nitrogens is 1. The Balaban J connectivity index is 0.000000588. The van der Waals surface area contributed by atoms with Crippen LogP contribution >= 0.6 is 0 Å². The van der Waals surface area contributed by atoms with Crippen LogP contribution in [0.5, 0.6) is 0 Å². The molecule has 47 heavy (non-hydrogen) atoms. The van der Waals surface area contributed by atoms with Gasteiger partial charge >= 0.3 is 0 Å². The van der Waals surface area contributed by atoms with E-state index in [4.69, 9.17) is 20.0 Å². The van der Waals surface area contributed by atoms with Crippen molar-refractivity contribution in [2.45, 2.75) is 96.6 Å². The molecule has 270 valence electrons. The molecule has 2 aliphatic rings. The number of nitrogens with zero attached hydrogens (tertiary/aromatic N) is 1. The molecule has 2 fully saturated rings. The Morgan fingerprint density at radius 2 is 1.68 bits per heavy atom. The summed E-state index contributed by atoms with van der Waals surface area (Å²) in [5.74, 6) is 2.22. The third kappa shape index (κ3) is 20.3. The minimum Gasteiger partial charge on any atom is -0.385 e. The van der Waals surface area contributed by atoms with Crippen LogP contribution in [0.1, 0.15) is 95.0 Å². The number of amides is 1. The molecule has 1 saturated heterocycles. The molecule has 4 atom stereocenters. The summed E-state index contributed by atoms with van der Waals surface area (Å²) in [6.45, 7) is 6.88. The van der Waals surface area contributed by atoms with Crippen molar-refractivity contribution in [3.63, 3.8) is 0 Å². The molecule has 2 heterocycles. The van der Waals surface area contributed by atoms with Crippen molar-refractivity contribution in [2.24, 2.45) is 23.5 Å².